The lowest BCUT2D eigenvalue weighted by Crippen LogP contribution is -1.97. The van der Waals surface area contributed by atoms with Crippen molar-refractivity contribution in [3.63, 3.8) is 0 Å². The quantitative estimate of drug-likeness (QED) is 0.399. The van der Waals surface area contributed by atoms with Gasteiger partial charge in [0.25, 0.3) is 0 Å². The molecule has 132 valence electrons. The lowest BCUT2D eigenvalue weighted by Gasteiger charge is -2.16. The molecule has 0 saturated heterocycles. The summed E-state index contributed by atoms with van der Waals surface area (Å²) in [7, 11) is 1.70. The zero-order valence-electron chi connectivity index (χ0n) is 15.2. The van der Waals surface area contributed by atoms with Gasteiger partial charge in [0, 0.05) is 4.47 Å². The molecule has 0 saturated carbocycles. The average Bonchev–Trinajstić information content (AvgIpc) is 2.70. The average molecular weight is 407 g/mol. The summed E-state index contributed by atoms with van der Waals surface area (Å²) in [4.78, 5) is 0. The molecular formula is C24H23BrO. The Labute approximate surface area is 164 Å². The van der Waals surface area contributed by atoms with E-state index in [0.717, 1.165) is 23.1 Å². The minimum atomic E-state index is 0.884. The first-order chi connectivity index (χ1) is 12.7. The molecular weight excluding hydrogens is 384 g/mol. The summed E-state index contributed by atoms with van der Waals surface area (Å²) in [6, 6.07) is 27.7. The molecule has 3 rings (SSSR count). The van der Waals surface area contributed by atoms with E-state index in [4.69, 9.17) is 4.74 Å². The third-order valence-electron chi connectivity index (χ3n) is 4.57. The third-order valence-corrected chi connectivity index (χ3v) is 5.10. The molecule has 0 aliphatic rings. The van der Waals surface area contributed by atoms with E-state index < -0.39 is 0 Å². The molecule has 2 heteroatoms. The van der Waals surface area contributed by atoms with Crippen molar-refractivity contribution in [3.8, 4) is 5.75 Å². The van der Waals surface area contributed by atoms with E-state index in [-0.39, 0.29) is 0 Å². The van der Waals surface area contributed by atoms with Gasteiger partial charge in [-0.2, -0.15) is 0 Å². The van der Waals surface area contributed by atoms with Crippen LogP contribution in [0.25, 0.3) is 11.1 Å². The molecule has 0 N–H and O–H groups in total. The highest BCUT2D eigenvalue weighted by Gasteiger charge is 2.12. The molecule has 0 spiro atoms. The topological polar surface area (TPSA) is 9.23 Å². The van der Waals surface area contributed by atoms with Crippen molar-refractivity contribution in [2.75, 3.05) is 7.11 Å². The summed E-state index contributed by atoms with van der Waals surface area (Å²) in [6.07, 6.45) is 1.89. The summed E-state index contributed by atoms with van der Waals surface area (Å²) in [5.41, 5.74) is 6.59. The fourth-order valence-corrected chi connectivity index (χ4v) is 3.48. The van der Waals surface area contributed by atoms with Gasteiger partial charge >= 0.3 is 0 Å². The molecule has 0 aromatic heterocycles. The van der Waals surface area contributed by atoms with E-state index in [1.54, 1.807) is 7.11 Å². The number of methoxy groups -OCH3 is 1. The molecule has 1 nitrogen and oxygen atoms in total. The Balaban J connectivity index is 2.10. The first kappa shape index (κ1) is 18.5. The van der Waals surface area contributed by atoms with Crippen LogP contribution in [0.1, 0.15) is 30.0 Å². The normalized spacial score (nSPS) is 11.8. The van der Waals surface area contributed by atoms with Crippen LogP contribution in [0, 0.1) is 0 Å². The zero-order valence-corrected chi connectivity index (χ0v) is 16.8. The molecule has 0 fully saturated rings. The molecule has 3 aromatic rings. The van der Waals surface area contributed by atoms with Gasteiger partial charge in [-0.05, 0) is 64.9 Å². The Bertz CT molecular complexity index is 862. The maximum absolute atomic E-state index is 5.33. The number of hydrogen-bond donors (Lipinski definition) is 0. The number of hydrogen-bond acceptors (Lipinski definition) is 1. The van der Waals surface area contributed by atoms with Crippen LogP contribution in [-0.4, -0.2) is 7.11 Å². The van der Waals surface area contributed by atoms with Crippen LogP contribution >= 0.6 is 15.9 Å². The molecule has 0 unspecified atom stereocenters. The van der Waals surface area contributed by atoms with E-state index >= 15 is 0 Å². The van der Waals surface area contributed by atoms with Crippen molar-refractivity contribution >= 4 is 27.1 Å². The summed E-state index contributed by atoms with van der Waals surface area (Å²) in [5, 5.41) is 0. The molecule has 26 heavy (non-hydrogen) atoms. The second kappa shape index (κ2) is 8.86. The summed E-state index contributed by atoms with van der Waals surface area (Å²) in [5.74, 6) is 0.884. The maximum Gasteiger partial charge on any atom is 0.118 e. The predicted octanol–water partition coefficient (Wildman–Crippen LogP) is 7.02. The Morgan fingerprint density at radius 1 is 0.769 bits per heavy atom. The van der Waals surface area contributed by atoms with E-state index in [1.807, 2.05) is 12.1 Å². The number of benzene rings is 3. The van der Waals surface area contributed by atoms with Crippen LogP contribution in [0.2, 0.25) is 0 Å². The second-order valence-corrected chi connectivity index (χ2v) is 7.12. The Morgan fingerprint density at radius 2 is 1.38 bits per heavy atom. The van der Waals surface area contributed by atoms with Crippen LogP contribution in [0.4, 0.5) is 0 Å². The number of allylic oxidation sites excluding steroid dienone is 2. The number of halogens is 1. The Kier molecular flexibility index (Phi) is 6.30. The minimum absolute atomic E-state index is 0.884. The smallest absolute Gasteiger partial charge is 0.118 e. The fraction of sp³-hybridized carbons (Fsp3) is 0.167. The van der Waals surface area contributed by atoms with E-state index in [9.17, 15) is 0 Å². The van der Waals surface area contributed by atoms with Crippen LogP contribution in [0.5, 0.6) is 5.75 Å². The molecule has 0 amide bonds. The third kappa shape index (κ3) is 4.44. The molecule has 0 aliphatic heterocycles. The number of rotatable bonds is 6. The van der Waals surface area contributed by atoms with E-state index in [0.29, 0.717) is 0 Å². The van der Waals surface area contributed by atoms with Gasteiger partial charge in [-0.15, -0.1) is 0 Å². The summed E-state index contributed by atoms with van der Waals surface area (Å²) < 4.78 is 6.44. The lowest BCUT2D eigenvalue weighted by molar-refractivity contribution is 0.415. The van der Waals surface area contributed by atoms with Crippen molar-refractivity contribution in [3.05, 3.63) is 100 Å². The SMILES string of the molecule is CCC(=C(Cc1ccc(Br)cc1)c1ccc(OC)cc1)c1ccccc1. The van der Waals surface area contributed by atoms with Crippen molar-refractivity contribution in [2.45, 2.75) is 19.8 Å². The molecule has 0 heterocycles. The van der Waals surface area contributed by atoms with Gasteiger partial charge in [-0.1, -0.05) is 77.5 Å². The highest BCUT2D eigenvalue weighted by Crippen LogP contribution is 2.32. The summed E-state index contributed by atoms with van der Waals surface area (Å²) >= 11 is 3.53. The van der Waals surface area contributed by atoms with Crippen LogP contribution < -0.4 is 4.74 Å². The van der Waals surface area contributed by atoms with Crippen LogP contribution in [0.15, 0.2) is 83.3 Å². The van der Waals surface area contributed by atoms with Gasteiger partial charge < -0.3 is 4.74 Å². The molecule has 0 bridgehead atoms. The van der Waals surface area contributed by atoms with Gasteiger partial charge in [0.15, 0.2) is 0 Å². The van der Waals surface area contributed by atoms with Crippen molar-refractivity contribution in [1.29, 1.82) is 0 Å². The zero-order chi connectivity index (χ0) is 18.4. The van der Waals surface area contributed by atoms with E-state index in [2.05, 4.69) is 89.6 Å². The first-order valence-electron chi connectivity index (χ1n) is 8.87. The van der Waals surface area contributed by atoms with Crippen LogP contribution in [-0.2, 0) is 6.42 Å². The molecule has 0 atom stereocenters. The van der Waals surface area contributed by atoms with Gasteiger partial charge in [-0.3, -0.25) is 0 Å². The molecule has 0 radical (unpaired) electrons. The second-order valence-electron chi connectivity index (χ2n) is 6.21. The Morgan fingerprint density at radius 3 is 1.96 bits per heavy atom. The highest BCUT2D eigenvalue weighted by molar-refractivity contribution is 9.10. The fourth-order valence-electron chi connectivity index (χ4n) is 3.21. The molecule has 0 aliphatic carbocycles. The van der Waals surface area contributed by atoms with Gasteiger partial charge in [0.05, 0.1) is 7.11 Å². The number of ether oxygens (including phenoxy) is 1. The van der Waals surface area contributed by atoms with Crippen LogP contribution in [0.3, 0.4) is 0 Å². The maximum atomic E-state index is 5.33. The van der Waals surface area contributed by atoms with Gasteiger partial charge in [-0.25, -0.2) is 0 Å². The van der Waals surface area contributed by atoms with E-state index in [1.165, 1.54) is 27.8 Å². The van der Waals surface area contributed by atoms with Gasteiger partial charge in [0.1, 0.15) is 5.75 Å². The van der Waals surface area contributed by atoms with Crippen molar-refractivity contribution in [2.24, 2.45) is 0 Å². The predicted molar refractivity (Wildman–Crippen MR) is 114 cm³/mol. The Hall–Kier alpha value is -2.32. The minimum Gasteiger partial charge on any atom is -0.497 e. The first-order valence-corrected chi connectivity index (χ1v) is 9.67. The largest absolute Gasteiger partial charge is 0.497 e. The summed E-state index contributed by atoms with van der Waals surface area (Å²) in [6.45, 7) is 2.23. The standard InChI is InChI=1S/C24H23BrO/c1-3-23(19-7-5-4-6-8-19)24(17-18-9-13-21(25)14-10-18)20-11-15-22(26-2)16-12-20/h4-16H,3,17H2,1-2H3. The van der Waals surface area contributed by atoms with Crippen molar-refractivity contribution in [1.82, 2.24) is 0 Å². The lowest BCUT2D eigenvalue weighted by atomic mass is 9.89. The molecule has 3 aromatic carbocycles. The highest BCUT2D eigenvalue weighted by atomic mass is 79.9. The van der Waals surface area contributed by atoms with Crippen molar-refractivity contribution < 1.29 is 4.74 Å². The monoisotopic (exact) mass is 406 g/mol. The van der Waals surface area contributed by atoms with Gasteiger partial charge in [0.2, 0.25) is 0 Å².